The molecule has 0 unspecified atom stereocenters. The summed E-state index contributed by atoms with van der Waals surface area (Å²) in [7, 11) is 0. The van der Waals surface area contributed by atoms with Crippen molar-refractivity contribution in [2.45, 2.75) is 13.3 Å². The Hall–Kier alpha value is -1.06. The van der Waals surface area contributed by atoms with E-state index in [0.717, 1.165) is 11.1 Å². The molecule has 0 saturated carbocycles. The Kier molecular flexibility index (Phi) is 2.60. The number of aromatic hydroxyl groups is 1. The number of rotatable bonds is 1. The molecule has 1 N–H and O–H groups in total. The zero-order chi connectivity index (χ0) is 12.0. The van der Waals surface area contributed by atoms with Crippen molar-refractivity contribution in [1.82, 2.24) is 0 Å². The van der Waals surface area contributed by atoms with Crippen molar-refractivity contribution in [2.75, 3.05) is 0 Å². The number of phenolic OH excluding ortho intramolecular Hbond substituents is 1. The fourth-order valence-corrected chi connectivity index (χ4v) is 4.04. The molecule has 17 heavy (non-hydrogen) atoms. The maximum Gasteiger partial charge on any atom is 0.117 e. The lowest BCUT2D eigenvalue weighted by Crippen LogP contribution is -1.81. The van der Waals surface area contributed by atoms with Gasteiger partial charge in [0, 0.05) is 24.6 Å². The number of aryl methyl sites for hydroxylation is 1. The molecule has 0 bridgehead atoms. The minimum Gasteiger partial charge on any atom is -0.508 e. The van der Waals surface area contributed by atoms with Crippen LogP contribution in [0.1, 0.15) is 12.5 Å². The minimum atomic E-state index is 0.332. The van der Waals surface area contributed by atoms with Gasteiger partial charge in [-0.1, -0.05) is 22.9 Å². The van der Waals surface area contributed by atoms with Gasteiger partial charge in [0.05, 0.1) is 0 Å². The van der Waals surface area contributed by atoms with Crippen LogP contribution in [0.3, 0.4) is 0 Å². The average Bonchev–Trinajstić information content (AvgIpc) is 2.63. The summed E-state index contributed by atoms with van der Waals surface area (Å²) in [6, 6.07) is 10.0. The molecule has 0 aliphatic rings. The van der Waals surface area contributed by atoms with E-state index in [1.165, 1.54) is 25.5 Å². The van der Waals surface area contributed by atoms with E-state index in [1.54, 1.807) is 17.4 Å². The number of hydrogen-bond acceptors (Lipinski definition) is 2. The van der Waals surface area contributed by atoms with Gasteiger partial charge in [0.15, 0.2) is 0 Å². The van der Waals surface area contributed by atoms with Crippen molar-refractivity contribution in [3.63, 3.8) is 0 Å². The highest BCUT2D eigenvalue weighted by Crippen LogP contribution is 2.38. The highest BCUT2D eigenvalue weighted by molar-refractivity contribution is 9.10. The van der Waals surface area contributed by atoms with Crippen LogP contribution < -0.4 is 0 Å². The van der Waals surface area contributed by atoms with Crippen molar-refractivity contribution in [2.24, 2.45) is 0 Å². The number of hydrogen-bond donors (Lipinski definition) is 1. The van der Waals surface area contributed by atoms with Crippen LogP contribution in [0.25, 0.3) is 20.2 Å². The van der Waals surface area contributed by atoms with Crippen molar-refractivity contribution in [1.29, 1.82) is 0 Å². The van der Waals surface area contributed by atoms with Crippen LogP contribution in [-0.2, 0) is 6.42 Å². The predicted octanol–water partition coefficient (Wildman–Crippen LogP) is 5.09. The van der Waals surface area contributed by atoms with Gasteiger partial charge in [-0.25, -0.2) is 0 Å². The summed E-state index contributed by atoms with van der Waals surface area (Å²) in [5.41, 5.74) is 1.32. The first kappa shape index (κ1) is 11.1. The van der Waals surface area contributed by atoms with E-state index in [-0.39, 0.29) is 0 Å². The Morgan fingerprint density at radius 3 is 2.65 bits per heavy atom. The molecule has 1 nitrogen and oxygen atoms in total. The standard InChI is InChI=1S/C14H11BrOS/c1-2-8-5-11-10-4-3-9(16)6-13(10)17-14(11)7-12(8)15/h3-7,16H,2H2,1H3. The summed E-state index contributed by atoms with van der Waals surface area (Å²) in [6.07, 6.45) is 1.02. The first-order chi connectivity index (χ1) is 8.19. The van der Waals surface area contributed by atoms with Crippen molar-refractivity contribution in [3.05, 3.63) is 40.4 Å². The van der Waals surface area contributed by atoms with E-state index < -0.39 is 0 Å². The predicted molar refractivity (Wildman–Crippen MR) is 78.1 cm³/mol. The number of fused-ring (bicyclic) bond motifs is 3. The Morgan fingerprint density at radius 2 is 1.88 bits per heavy atom. The van der Waals surface area contributed by atoms with E-state index >= 15 is 0 Å². The van der Waals surface area contributed by atoms with Crippen LogP contribution in [0.5, 0.6) is 5.75 Å². The van der Waals surface area contributed by atoms with Crippen LogP contribution in [0, 0.1) is 0 Å². The molecule has 0 spiro atoms. The van der Waals surface area contributed by atoms with Gasteiger partial charge in [-0.15, -0.1) is 11.3 Å². The maximum absolute atomic E-state index is 9.51. The molecule has 0 fully saturated rings. The first-order valence-electron chi connectivity index (χ1n) is 5.52. The normalized spacial score (nSPS) is 11.4. The second kappa shape index (κ2) is 4.00. The van der Waals surface area contributed by atoms with Gasteiger partial charge in [0.2, 0.25) is 0 Å². The Bertz CT molecular complexity index is 715. The minimum absolute atomic E-state index is 0.332. The third-order valence-corrected chi connectivity index (χ3v) is 4.86. The summed E-state index contributed by atoms with van der Waals surface area (Å²) >= 11 is 5.33. The molecule has 1 heterocycles. The van der Waals surface area contributed by atoms with Gasteiger partial charge in [-0.2, -0.15) is 0 Å². The Balaban J connectivity index is 2.44. The Morgan fingerprint density at radius 1 is 1.12 bits per heavy atom. The number of benzene rings is 2. The number of phenols is 1. The van der Waals surface area contributed by atoms with Gasteiger partial charge in [-0.3, -0.25) is 0 Å². The summed E-state index contributed by atoms with van der Waals surface area (Å²) in [5, 5.41) is 12.0. The van der Waals surface area contributed by atoms with Crippen LogP contribution in [0.15, 0.2) is 34.8 Å². The molecular formula is C14H11BrOS. The lowest BCUT2D eigenvalue weighted by atomic mass is 10.1. The molecule has 0 amide bonds. The van der Waals surface area contributed by atoms with E-state index in [4.69, 9.17) is 0 Å². The second-order valence-electron chi connectivity index (χ2n) is 4.08. The maximum atomic E-state index is 9.51. The molecule has 0 atom stereocenters. The molecule has 0 radical (unpaired) electrons. The average molecular weight is 307 g/mol. The van der Waals surface area contributed by atoms with Crippen LogP contribution in [0.4, 0.5) is 0 Å². The molecule has 2 aromatic carbocycles. The summed E-state index contributed by atoms with van der Waals surface area (Å²) in [6.45, 7) is 2.16. The second-order valence-corrected chi connectivity index (χ2v) is 6.01. The van der Waals surface area contributed by atoms with E-state index in [9.17, 15) is 5.11 Å². The number of thiophene rings is 1. The third kappa shape index (κ3) is 1.74. The largest absolute Gasteiger partial charge is 0.508 e. The molecular weight excluding hydrogens is 296 g/mol. The quantitative estimate of drug-likeness (QED) is 0.664. The molecule has 3 rings (SSSR count). The molecule has 1 aromatic heterocycles. The molecule has 0 aliphatic carbocycles. The molecule has 0 aliphatic heterocycles. The van der Waals surface area contributed by atoms with Gasteiger partial charge in [0.1, 0.15) is 5.75 Å². The monoisotopic (exact) mass is 306 g/mol. The molecule has 3 aromatic rings. The van der Waals surface area contributed by atoms with Gasteiger partial charge in [-0.05, 0) is 42.3 Å². The zero-order valence-electron chi connectivity index (χ0n) is 9.33. The van der Waals surface area contributed by atoms with Crippen LogP contribution in [-0.4, -0.2) is 5.11 Å². The van der Waals surface area contributed by atoms with Gasteiger partial charge in [0.25, 0.3) is 0 Å². The van der Waals surface area contributed by atoms with Gasteiger partial charge < -0.3 is 5.11 Å². The van der Waals surface area contributed by atoms with E-state index in [1.807, 2.05) is 12.1 Å². The smallest absolute Gasteiger partial charge is 0.117 e. The molecule has 86 valence electrons. The van der Waals surface area contributed by atoms with E-state index in [2.05, 4.69) is 35.0 Å². The highest BCUT2D eigenvalue weighted by atomic mass is 79.9. The zero-order valence-corrected chi connectivity index (χ0v) is 11.7. The molecule has 0 saturated heterocycles. The summed E-state index contributed by atoms with van der Waals surface area (Å²) in [5.74, 6) is 0.332. The van der Waals surface area contributed by atoms with Crippen LogP contribution in [0.2, 0.25) is 0 Å². The topological polar surface area (TPSA) is 20.2 Å². The molecule has 3 heteroatoms. The van der Waals surface area contributed by atoms with Crippen LogP contribution >= 0.6 is 27.3 Å². The van der Waals surface area contributed by atoms with Crippen molar-refractivity contribution >= 4 is 47.4 Å². The van der Waals surface area contributed by atoms with Crippen molar-refractivity contribution < 1.29 is 5.11 Å². The Labute approximate surface area is 112 Å². The summed E-state index contributed by atoms with van der Waals surface area (Å²) in [4.78, 5) is 0. The fraction of sp³-hybridized carbons (Fsp3) is 0.143. The third-order valence-electron chi connectivity index (χ3n) is 3.00. The lowest BCUT2D eigenvalue weighted by molar-refractivity contribution is 0.476. The van der Waals surface area contributed by atoms with Gasteiger partial charge >= 0.3 is 0 Å². The number of halogens is 1. The first-order valence-corrected chi connectivity index (χ1v) is 7.13. The fourth-order valence-electron chi connectivity index (χ4n) is 2.10. The summed E-state index contributed by atoms with van der Waals surface area (Å²) < 4.78 is 3.57. The highest BCUT2D eigenvalue weighted by Gasteiger charge is 2.08. The van der Waals surface area contributed by atoms with E-state index in [0.29, 0.717) is 5.75 Å². The van der Waals surface area contributed by atoms with Crippen molar-refractivity contribution in [3.8, 4) is 5.75 Å². The lowest BCUT2D eigenvalue weighted by Gasteiger charge is -2.01. The SMILES string of the molecule is CCc1cc2c(cc1Br)sc1cc(O)ccc12.